The minimum Gasteiger partial charge on any atom is -0.378 e. The lowest BCUT2D eigenvalue weighted by molar-refractivity contribution is -0.117. The van der Waals surface area contributed by atoms with Crippen molar-refractivity contribution in [3.63, 3.8) is 0 Å². The molecule has 0 aliphatic rings. The number of carbonyl (C=O) groups excluding carboxylic acids is 2. The second-order valence-corrected chi connectivity index (χ2v) is 6.01. The first kappa shape index (κ1) is 19.4. The summed E-state index contributed by atoms with van der Waals surface area (Å²) in [5.41, 5.74) is 1.85. The van der Waals surface area contributed by atoms with Gasteiger partial charge in [-0.1, -0.05) is 0 Å². The summed E-state index contributed by atoms with van der Waals surface area (Å²) in [4.78, 5) is 27.1. The number of amides is 2. The molecule has 138 valence electrons. The van der Waals surface area contributed by atoms with Crippen LogP contribution < -0.4 is 15.1 Å². The highest BCUT2D eigenvalue weighted by Gasteiger charge is 2.15. The highest BCUT2D eigenvalue weighted by molar-refractivity contribution is 5.94. The van der Waals surface area contributed by atoms with Crippen molar-refractivity contribution < 1.29 is 18.4 Å². The molecule has 2 aromatic carbocycles. The molecule has 0 bridgehead atoms. The first-order valence-corrected chi connectivity index (χ1v) is 8.08. The average Bonchev–Trinajstić information content (AvgIpc) is 2.58. The zero-order valence-corrected chi connectivity index (χ0v) is 14.9. The summed E-state index contributed by atoms with van der Waals surface area (Å²) in [6.07, 6.45) is 0.0218. The van der Waals surface area contributed by atoms with Crippen LogP contribution in [-0.4, -0.2) is 32.5 Å². The summed E-state index contributed by atoms with van der Waals surface area (Å²) in [6.45, 7) is 1.36. The Kier molecular flexibility index (Phi) is 6.27. The Morgan fingerprint density at radius 2 is 1.58 bits per heavy atom. The molecule has 1 N–H and O–H groups in total. The fourth-order valence-electron chi connectivity index (χ4n) is 2.40. The minimum atomic E-state index is -1.04. The predicted octanol–water partition coefficient (Wildman–Crippen LogP) is 3.41. The van der Waals surface area contributed by atoms with Gasteiger partial charge in [-0.15, -0.1) is 0 Å². The van der Waals surface area contributed by atoms with Crippen molar-refractivity contribution in [3.05, 3.63) is 54.1 Å². The molecule has 0 atom stereocenters. The highest BCUT2D eigenvalue weighted by Crippen LogP contribution is 2.19. The molecule has 0 aliphatic carbocycles. The lowest BCUT2D eigenvalue weighted by Crippen LogP contribution is -2.32. The Bertz CT molecular complexity index is 792. The topological polar surface area (TPSA) is 52.7 Å². The van der Waals surface area contributed by atoms with E-state index in [4.69, 9.17) is 0 Å². The third-order valence-corrected chi connectivity index (χ3v) is 3.82. The van der Waals surface area contributed by atoms with Crippen LogP contribution in [0.1, 0.15) is 13.3 Å². The molecule has 0 spiro atoms. The summed E-state index contributed by atoms with van der Waals surface area (Å²) >= 11 is 0. The van der Waals surface area contributed by atoms with Gasteiger partial charge in [0.1, 0.15) is 0 Å². The third kappa shape index (κ3) is 5.02. The molecule has 0 unspecified atom stereocenters. The Morgan fingerprint density at radius 3 is 2.12 bits per heavy atom. The second kappa shape index (κ2) is 8.42. The maximum Gasteiger partial charge on any atom is 0.226 e. The zero-order chi connectivity index (χ0) is 19.3. The first-order valence-electron chi connectivity index (χ1n) is 8.08. The van der Waals surface area contributed by atoms with E-state index in [1.165, 1.54) is 17.9 Å². The van der Waals surface area contributed by atoms with Gasteiger partial charge in [0.15, 0.2) is 11.6 Å². The molecule has 0 saturated heterocycles. The Hall–Kier alpha value is -2.96. The molecule has 0 fully saturated rings. The van der Waals surface area contributed by atoms with E-state index in [2.05, 4.69) is 5.32 Å². The van der Waals surface area contributed by atoms with Gasteiger partial charge >= 0.3 is 0 Å². The normalized spacial score (nSPS) is 10.3. The largest absolute Gasteiger partial charge is 0.378 e. The van der Waals surface area contributed by atoms with Crippen LogP contribution in [0, 0.1) is 11.6 Å². The van der Waals surface area contributed by atoms with Gasteiger partial charge in [0.05, 0.1) is 0 Å². The van der Waals surface area contributed by atoms with Crippen LogP contribution in [0.4, 0.5) is 25.8 Å². The van der Waals surface area contributed by atoms with Crippen molar-refractivity contribution in [1.82, 2.24) is 0 Å². The number of hydrogen-bond acceptors (Lipinski definition) is 3. The summed E-state index contributed by atoms with van der Waals surface area (Å²) < 4.78 is 26.4. The van der Waals surface area contributed by atoms with Gasteiger partial charge in [-0.05, 0) is 36.4 Å². The van der Waals surface area contributed by atoms with E-state index >= 15 is 0 Å². The second-order valence-electron chi connectivity index (χ2n) is 6.01. The average molecular weight is 361 g/mol. The molecular formula is C19H21F2N3O2. The van der Waals surface area contributed by atoms with E-state index in [1.807, 2.05) is 31.1 Å². The van der Waals surface area contributed by atoms with Crippen LogP contribution >= 0.6 is 0 Å². The van der Waals surface area contributed by atoms with Crippen molar-refractivity contribution in [2.45, 2.75) is 13.3 Å². The number of hydrogen-bond donors (Lipinski definition) is 1. The molecule has 2 rings (SSSR count). The molecule has 26 heavy (non-hydrogen) atoms. The van der Waals surface area contributed by atoms with Crippen molar-refractivity contribution in [2.24, 2.45) is 0 Å². The van der Waals surface area contributed by atoms with Gasteiger partial charge in [-0.25, -0.2) is 8.78 Å². The summed E-state index contributed by atoms with van der Waals surface area (Å²) in [5.74, 6) is -2.68. The van der Waals surface area contributed by atoms with E-state index in [9.17, 15) is 18.4 Å². The minimum absolute atomic E-state index is 0.0218. The van der Waals surface area contributed by atoms with E-state index in [0.29, 0.717) is 5.69 Å². The molecule has 2 amide bonds. The van der Waals surface area contributed by atoms with Crippen molar-refractivity contribution in [3.8, 4) is 0 Å². The van der Waals surface area contributed by atoms with Crippen LogP contribution in [0.2, 0.25) is 0 Å². The molecular weight excluding hydrogens is 340 g/mol. The lowest BCUT2D eigenvalue weighted by Gasteiger charge is -2.21. The first-order chi connectivity index (χ1) is 12.3. The van der Waals surface area contributed by atoms with Crippen LogP contribution in [0.15, 0.2) is 42.5 Å². The van der Waals surface area contributed by atoms with E-state index < -0.39 is 11.6 Å². The van der Waals surface area contributed by atoms with E-state index in [-0.39, 0.29) is 30.5 Å². The molecule has 7 heteroatoms. The third-order valence-electron chi connectivity index (χ3n) is 3.82. The maximum atomic E-state index is 13.4. The fourth-order valence-corrected chi connectivity index (χ4v) is 2.40. The molecule has 0 heterocycles. The predicted molar refractivity (Wildman–Crippen MR) is 98.4 cm³/mol. The maximum absolute atomic E-state index is 13.4. The van der Waals surface area contributed by atoms with Crippen LogP contribution in [0.3, 0.4) is 0 Å². The van der Waals surface area contributed by atoms with E-state index in [0.717, 1.165) is 17.8 Å². The Morgan fingerprint density at radius 1 is 0.962 bits per heavy atom. The lowest BCUT2D eigenvalue weighted by atomic mass is 10.2. The van der Waals surface area contributed by atoms with Crippen molar-refractivity contribution >= 4 is 28.9 Å². The number of carbonyl (C=O) groups is 2. The van der Waals surface area contributed by atoms with Crippen LogP contribution in [0.5, 0.6) is 0 Å². The van der Waals surface area contributed by atoms with Crippen molar-refractivity contribution in [1.29, 1.82) is 0 Å². The Balaban J connectivity index is 1.98. The number of nitrogens with one attached hydrogen (secondary N) is 1. The number of rotatable bonds is 6. The monoisotopic (exact) mass is 361 g/mol. The Labute approximate surface area is 151 Å². The SMILES string of the molecule is CC(=O)N(CCC(=O)Nc1ccc(N(C)C)cc1)c1ccc(F)c(F)c1. The molecule has 0 aliphatic heterocycles. The number of benzene rings is 2. The number of nitrogens with zero attached hydrogens (tertiary/aromatic N) is 2. The van der Waals surface area contributed by atoms with Gasteiger partial charge in [0.25, 0.3) is 0 Å². The van der Waals surface area contributed by atoms with Gasteiger partial charge in [-0.3, -0.25) is 9.59 Å². The van der Waals surface area contributed by atoms with Gasteiger partial charge in [0.2, 0.25) is 11.8 Å². The van der Waals surface area contributed by atoms with Crippen LogP contribution in [0.25, 0.3) is 0 Å². The molecule has 0 aromatic heterocycles. The van der Waals surface area contributed by atoms with Crippen molar-refractivity contribution in [2.75, 3.05) is 35.8 Å². The van der Waals surface area contributed by atoms with Gasteiger partial charge in [0, 0.05) is 57.1 Å². The smallest absolute Gasteiger partial charge is 0.226 e. The van der Waals surface area contributed by atoms with Crippen LogP contribution in [-0.2, 0) is 9.59 Å². The molecule has 2 aromatic rings. The highest BCUT2D eigenvalue weighted by atomic mass is 19.2. The quantitative estimate of drug-likeness (QED) is 0.858. The summed E-state index contributed by atoms with van der Waals surface area (Å²) in [5, 5.41) is 2.74. The van der Waals surface area contributed by atoms with Gasteiger partial charge < -0.3 is 15.1 Å². The standard InChI is InChI=1S/C19H21F2N3O2/c1-13(25)24(16-8-9-17(20)18(21)12-16)11-10-19(26)22-14-4-6-15(7-5-14)23(2)3/h4-9,12H,10-11H2,1-3H3,(H,22,26). The number of anilines is 3. The summed E-state index contributed by atoms with van der Waals surface area (Å²) in [7, 11) is 3.84. The fraction of sp³-hybridized carbons (Fsp3) is 0.263. The van der Waals surface area contributed by atoms with Gasteiger partial charge in [-0.2, -0.15) is 0 Å². The molecule has 0 radical (unpaired) electrons. The molecule has 0 saturated carbocycles. The molecule has 5 nitrogen and oxygen atoms in total. The number of halogens is 2. The van der Waals surface area contributed by atoms with E-state index in [1.54, 1.807) is 12.1 Å². The zero-order valence-electron chi connectivity index (χ0n) is 14.9. The summed E-state index contributed by atoms with van der Waals surface area (Å²) in [6, 6.07) is 10.5.